The molecule has 6 nitrogen and oxygen atoms in total. The standard InChI is InChI=1S/C18H16F2N3O3S/c1-22-16(24)15(10-4-3-9(19)7-11(10)20)17(25)23-8-13(27-18(22)23)12-5-6-14(21-12)26-2/h3-4,7-8,12,15H,5-6H2,1-2H3/q+1. The highest BCUT2D eigenvalue weighted by molar-refractivity contribution is 7.15. The summed E-state index contributed by atoms with van der Waals surface area (Å²) in [6, 6.07) is 2.72. The van der Waals surface area contributed by atoms with Crippen molar-refractivity contribution in [2.45, 2.75) is 24.8 Å². The van der Waals surface area contributed by atoms with Crippen LogP contribution in [0.4, 0.5) is 13.9 Å². The number of rotatable bonds is 2. The monoisotopic (exact) mass is 392 g/mol. The third-order valence-electron chi connectivity index (χ3n) is 4.79. The largest absolute Gasteiger partial charge is 0.484 e. The van der Waals surface area contributed by atoms with Gasteiger partial charge in [-0.2, -0.15) is 9.47 Å². The molecule has 2 aliphatic rings. The van der Waals surface area contributed by atoms with Gasteiger partial charge >= 0.3 is 16.9 Å². The van der Waals surface area contributed by atoms with Gasteiger partial charge in [-0.15, -0.1) is 0 Å². The minimum absolute atomic E-state index is 0.135. The first-order valence-corrected chi connectivity index (χ1v) is 9.15. The lowest BCUT2D eigenvalue weighted by Crippen LogP contribution is -2.57. The third kappa shape index (κ3) is 2.82. The molecule has 3 heterocycles. The average molecular weight is 392 g/mol. The molecule has 0 saturated heterocycles. The number of hydrogen-bond acceptors (Lipinski definition) is 5. The number of anilines is 1. The summed E-state index contributed by atoms with van der Waals surface area (Å²) in [6.07, 6.45) is 3.11. The van der Waals surface area contributed by atoms with Crippen LogP contribution >= 0.6 is 11.3 Å². The molecule has 2 atom stereocenters. The van der Waals surface area contributed by atoms with E-state index < -0.39 is 29.4 Å². The van der Waals surface area contributed by atoms with Crippen LogP contribution in [0, 0.1) is 11.6 Å². The van der Waals surface area contributed by atoms with Crippen molar-refractivity contribution in [1.82, 2.24) is 0 Å². The SMILES string of the molecule is COC1=NC(c2c[n+]3c(s2)N(C)C(=O)C(c2ccc(F)cc2F)C3=O)CC1. The maximum absolute atomic E-state index is 14.2. The first-order valence-electron chi connectivity index (χ1n) is 8.33. The number of benzene rings is 1. The normalized spacial score (nSPS) is 22.1. The lowest BCUT2D eigenvalue weighted by Gasteiger charge is -2.21. The zero-order chi connectivity index (χ0) is 19.3. The molecule has 0 radical (unpaired) electrons. The summed E-state index contributed by atoms with van der Waals surface area (Å²) < 4.78 is 34.0. The topological polar surface area (TPSA) is 62.9 Å². The molecule has 0 saturated carbocycles. The van der Waals surface area contributed by atoms with E-state index in [1.807, 2.05) is 0 Å². The molecule has 1 aromatic heterocycles. The van der Waals surface area contributed by atoms with Gasteiger partial charge in [0.25, 0.3) is 0 Å². The molecule has 4 rings (SSSR count). The molecule has 1 amide bonds. The molecule has 2 unspecified atom stereocenters. The number of halogens is 2. The predicted molar refractivity (Wildman–Crippen MR) is 94.1 cm³/mol. The molecule has 0 spiro atoms. The zero-order valence-corrected chi connectivity index (χ0v) is 15.4. The highest BCUT2D eigenvalue weighted by atomic mass is 32.1. The number of amides is 1. The Morgan fingerprint density at radius 3 is 2.78 bits per heavy atom. The second-order valence-corrected chi connectivity index (χ2v) is 7.44. The lowest BCUT2D eigenvalue weighted by molar-refractivity contribution is -0.558. The number of fused-ring (bicyclic) bond motifs is 1. The van der Waals surface area contributed by atoms with Crippen molar-refractivity contribution < 1.29 is 27.7 Å². The Labute approximate surface area is 157 Å². The molecule has 1 aromatic carbocycles. The maximum Gasteiger partial charge on any atom is 0.351 e. The van der Waals surface area contributed by atoms with Gasteiger partial charge in [0.15, 0.2) is 11.8 Å². The molecule has 27 heavy (non-hydrogen) atoms. The minimum Gasteiger partial charge on any atom is -0.484 e. The van der Waals surface area contributed by atoms with Gasteiger partial charge in [0.1, 0.15) is 17.8 Å². The Bertz CT molecular complexity index is 988. The van der Waals surface area contributed by atoms with Crippen molar-refractivity contribution in [3.05, 3.63) is 46.5 Å². The van der Waals surface area contributed by atoms with E-state index in [1.54, 1.807) is 13.3 Å². The van der Waals surface area contributed by atoms with Gasteiger partial charge in [0.05, 0.1) is 25.1 Å². The molecule has 140 valence electrons. The van der Waals surface area contributed by atoms with E-state index in [0.29, 0.717) is 23.5 Å². The fraction of sp³-hybridized carbons (Fsp3) is 0.333. The number of thiazole rings is 1. The van der Waals surface area contributed by atoms with Crippen LogP contribution in [0.2, 0.25) is 0 Å². The number of hydrogen-bond donors (Lipinski definition) is 0. The van der Waals surface area contributed by atoms with Gasteiger partial charge in [-0.1, -0.05) is 6.07 Å². The van der Waals surface area contributed by atoms with Gasteiger partial charge in [-0.3, -0.25) is 0 Å². The Morgan fingerprint density at radius 2 is 2.11 bits per heavy atom. The van der Waals surface area contributed by atoms with E-state index in [9.17, 15) is 18.4 Å². The summed E-state index contributed by atoms with van der Waals surface area (Å²) in [5.41, 5.74) is -0.135. The summed E-state index contributed by atoms with van der Waals surface area (Å²) in [5.74, 6) is -3.49. The molecular formula is C18H16F2N3O3S+. The van der Waals surface area contributed by atoms with Crippen LogP contribution in [0.15, 0.2) is 29.4 Å². The van der Waals surface area contributed by atoms with Crippen LogP contribution < -0.4 is 9.47 Å². The zero-order valence-electron chi connectivity index (χ0n) is 14.6. The molecule has 0 N–H and O–H groups in total. The number of ether oxygens (including phenoxy) is 1. The van der Waals surface area contributed by atoms with Gasteiger partial charge in [-0.25, -0.2) is 23.4 Å². The van der Waals surface area contributed by atoms with Gasteiger partial charge < -0.3 is 4.74 Å². The first-order chi connectivity index (χ1) is 12.9. The van der Waals surface area contributed by atoms with Crippen LogP contribution in [-0.4, -0.2) is 31.9 Å². The summed E-state index contributed by atoms with van der Waals surface area (Å²) >= 11 is 1.30. The molecule has 0 fully saturated rings. The highest BCUT2D eigenvalue weighted by Crippen LogP contribution is 2.37. The van der Waals surface area contributed by atoms with Crippen molar-refractivity contribution in [2.75, 3.05) is 19.1 Å². The van der Waals surface area contributed by atoms with Crippen molar-refractivity contribution in [3.63, 3.8) is 0 Å². The second kappa shape index (κ2) is 6.49. The Kier molecular flexibility index (Phi) is 4.26. The van der Waals surface area contributed by atoms with Crippen molar-refractivity contribution >= 4 is 34.2 Å². The molecule has 0 bridgehead atoms. The number of aliphatic imine (C=N–C) groups is 1. The van der Waals surface area contributed by atoms with E-state index >= 15 is 0 Å². The highest BCUT2D eigenvalue weighted by Gasteiger charge is 2.49. The van der Waals surface area contributed by atoms with Crippen LogP contribution in [0.25, 0.3) is 0 Å². The number of carbonyl (C=O) groups excluding carboxylic acids is 2. The molecule has 9 heteroatoms. The van der Waals surface area contributed by atoms with E-state index in [-0.39, 0.29) is 11.6 Å². The second-order valence-electron chi connectivity index (χ2n) is 6.40. The fourth-order valence-electron chi connectivity index (χ4n) is 3.36. The fourth-order valence-corrected chi connectivity index (χ4v) is 4.51. The van der Waals surface area contributed by atoms with E-state index in [4.69, 9.17) is 4.74 Å². The van der Waals surface area contributed by atoms with Crippen LogP contribution in [-0.2, 0) is 9.53 Å². The maximum atomic E-state index is 14.2. The number of methoxy groups -OCH3 is 1. The number of carbonyl (C=O) groups is 2. The molecule has 0 aliphatic carbocycles. The van der Waals surface area contributed by atoms with Crippen molar-refractivity contribution in [2.24, 2.45) is 4.99 Å². The lowest BCUT2D eigenvalue weighted by atomic mass is 9.95. The smallest absolute Gasteiger partial charge is 0.351 e. The molecule has 2 aliphatic heterocycles. The Balaban J connectivity index is 1.75. The predicted octanol–water partition coefficient (Wildman–Crippen LogP) is 2.59. The van der Waals surface area contributed by atoms with E-state index in [1.165, 1.54) is 27.9 Å². The van der Waals surface area contributed by atoms with Gasteiger partial charge in [0, 0.05) is 18.1 Å². The third-order valence-corrected chi connectivity index (χ3v) is 6.06. The van der Waals surface area contributed by atoms with Gasteiger partial charge in [-0.05, 0) is 23.8 Å². The molecular weight excluding hydrogens is 376 g/mol. The molecule has 2 aromatic rings. The number of aromatic nitrogens is 1. The Hall–Kier alpha value is -2.68. The Morgan fingerprint density at radius 1 is 1.33 bits per heavy atom. The van der Waals surface area contributed by atoms with Crippen LogP contribution in [0.1, 0.15) is 40.0 Å². The summed E-state index contributed by atoms with van der Waals surface area (Å²) in [7, 11) is 3.10. The summed E-state index contributed by atoms with van der Waals surface area (Å²) in [4.78, 5) is 32.3. The first kappa shape index (κ1) is 17.7. The summed E-state index contributed by atoms with van der Waals surface area (Å²) in [6.45, 7) is 0. The number of nitrogens with zero attached hydrogens (tertiary/aromatic N) is 3. The van der Waals surface area contributed by atoms with Crippen molar-refractivity contribution in [1.29, 1.82) is 0 Å². The van der Waals surface area contributed by atoms with E-state index in [0.717, 1.165) is 23.4 Å². The minimum atomic E-state index is -1.35. The van der Waals surface area contributed by atoms with Crippen LogP contribution in [0.3, 0.4) is 0 Å². The number of likely N-dealkylation sites (N-methyl/N-ethyl adjacent to an activating group) is 1. The summed E-state index contributed by atoms with van der Waals surface area (Å²) in [5, 5.41) is 0.444. The van der Waals surface area contributed by atoms with Crippen LogP contribution in [0.5, 0.6) is 0 Å². The van der Waals surface area contributed by atoms with Gasteiger partial charge in [0.2, 0.25) is 0 Å². The van der Waals surface area contributed by atoms with E-state index in [2.05, 4.69) is 4.99 Å². The van der Waals surface area contributed by atoms with Crippen molar-refractivity contribution in [3.8, 4) is 0 Å². The quantitative estimate of drug-likeness (QED) is 0.583. The average Bonchev–Trinajstić information content (AvgIpc) is 3.28.